The molecule has 2 aromatic rings. The van der Waals surface area contributed by atoms with Gasteiger partial charge in [0, 0.05) is 13.5 Å². The van der Waals surface area contributed by atoms with Gasteiger partial charge in [-0.1, -0.05) is 6.07 Å². The number of hydrogen-bond acceptors (Lipinski definition) is 4. The number of nitrogens with two attached hydrogens (primary N) is 1. The van der Waals surface area contributed by atoms with Crippen LogP contribution in [0.15, 0.2) is 18.2 Å². The number of benzene rings is 1. The van der Waals surface area contributed by atoms with Crippen LogP contribution in [0.25, 0.3) is 11.0 Å². The Morgan fingerprint density at radius 3 is 2.85 bits per heavy atom. The Balaban J connectivity index is 2.12. The van der Waals surface area contributed by atoms with E-state index < -0.39 is 6.04 Å². The van der Waals surface area contributed by atoms with Crippen LogP contribution in [0.5, 0.6) is 0 Å². The number of rotatable bonds is 1. The Bertz CT molecular complexity index is 719. The monoisotopic (exact) mass is 272 g/mol. The van der Waals surface area contributed by atoms with E-state index in [0.29, 0.717) is 18.8 Å². The molecule has 0 spiro atoms. The number of imide groups is 1. The lowest BCUT2D eigenvalue weighted by atomic mass is 10.0. The van der Waals surface area contributed by atoms with Crippen molar-refractivity contribution in [2.45, 2.75) is 25.8 Å². The second-order valence-corrected chi connectivity index (χ2v) is 5.18. The predicted molar refractivity (Wildman–Crippen MR) is 74.9 cm³/mol. The summed E-state index contributed by atoms with van der Waals surface area (Å²) in [7, 11) is 1.51. The van der Waals surface area contributed by atoms with Crippen LogP contribution in [-0.4, -0.2) is 33.3 Å². The van der Waals surface area contributed by atoms with Crippen molar-refractivity contribution in [2.24, 2.45) is 0 Å². The van der Waals surface area contributed by atoms with Gasteiger partial charge in [0.25, 0.3) is 5.91 Å². The van der Waals surface area contributed by atoms with E-state index in [1.165, 1.54) is 11.9 Å². The van der Waals surface area contributed by atoms with Gasteiger partial charge in [-0.2, -0.15) is 0 Å². The average molecular weight is 272 g/mol. The lowest BCUT2D eigenvalue weighted by Gasteiger charge is -2.29. The van der Waals surface area contributed by atoms with Crippen molar-refractivity contribution in [3.8, 4) is 0 Å². The van der Waals surface area contributed by atoms with Gasteiger partial charge in [-0.15, -0.1) is 0 Å². The molecule has 1 atom stereocenters. The molecule has 1 aliphatic rings. The van der Waals surface area contributed by atoms with Crippen molar-refractivity contribution in [3.63, 3.8) is 0 Å². The van der Waals surface area contributed by atoms with Crippen molar-refractivity contribution < 1.29 is 9.59 Å². The zero-order chi connectivity index (χ0) is 14.4. The molecule has 2 heterocycles. The van der Waals surface area contributed by atoms with Gasteiger partial charge in [-0.05, 0) is 31.0 Å². The smallest absolute Gasteiger partial charge is 0.252 e. The van der Waals surface area contributed by atoms with Gasteiger partial charge < -0.3 is 5.73 Å². The van der Waals surface area contributed by atoms with Crippen LogP contribution in [0, 0.1) is 6.92 Å². The van der Waals surface area contributed by atoms with Crippen LogP contribution in [0.4, 0.5) is 5.95 Å². The molecule has 104 valence electrons. The molecule has 1 aromatic heterocycles. The van der Waals surface area contributed by atoms with E-state index in [9.17, 15) is 9.59 Å². The summed E-state index contributed by atoms with van der Waals surface area (Å²) in [6, 6.07) is 5.36. The quantitative estimate of drug-likeness (QED) is 0.792. The summed E-state index contributed by atoms with van der Waals surface area (Å²) in [6.07, 6.45) is 0.809. The number of likely N-dealkylation sites (N-methyl/N-ethyl adjacent to an activating group) is 1. The number of fused-ring (bicyclic) bond motifs is 1. The topological polar surface area (TPSA) is 81.2 Å². The average Bonchev–Trinajstić information content (AvgIpc) is 2.72. The van der Waals surface area contributed by atoms with Gasteiger partial charge in [-0.25, -0.2) is 4.98 Å². The van der Waals surface area contributed by atoms with Gasteiger partial charge in [0.05, 0.1) is 11.0 Å². The van der Waals surface area contributed by atoms with Crippen LogP contribution < -0.4 is 5.73 Å². The highest BCUT2D eigenvalue weighted by atomic mass is 16.2. The predicted octanol–water partition coefficient (Wildman–Crippen LogP) is 1.25. The molecule has 0 bridgehead atoms. The van der Waals surface area contributed by atoms with Gasteiger partial charge in [-0.3, -0.25) is 19.1 Å². The van der Waals surface area contributed by atoms with E-state index >= 15 is 0 Å². The van der Waals surface area contributed by atoms with E-state index in [1.54, 1.807) is 4.57 Å². The van der Waals surface area contributed by atoms with Crippen LogP contribution in [0.1, 0.15) is 24.4 Å². The molecule has 1 saturated heterocycles. The molecule has 6 heteroatoms. The minimum absolute atomic E-state index is 0.148. The molecule has 1 aromatic carbocycles. The van der Waals surface area contributed by atoms with E-state index in [0.717, 1.165) is 16.6 Å². The maximum Gasteiger partial charge on any atom is 0.252 e. The Kier molecular flexibility index (Phi) is 2.74. The molecular formula is C14H16N4O2. The normalized spacial score (nSPS) is 19.9. The van der Waals surface area contributed by atoms with Crippen LogP contribution in [-0.2, 0) is 9.59 Å². The molecule has 20 heavy (non-hydrogen) atoms. The van der Waals surface area contributed by atoms with E-state index in [1.807, 2.05) is 25.1 Å². The lowest BCUT2D eigenvalue weighted by Crippen LogP contribution is -2.43. The number of aryl methyl sites for hydroxylation is 1. The molecule has 1 fully saturated rings. The van der Waals surface area contributed by atoms with E-state index in [2.05, 4.69) is 4.98 Å². The number of piperidine rings is 1. The number of nitrogens with zero attached hydrogens (tertiary/aromatic N) is 3. The summed E-state index contributed by atoms with van der Waals surface area (Å²) < 4.78 is 1.74. The molecule has 1 unspecified atom stereocenters. The van der Waals surface area contributed by atoms with Crippen LogP contribution in [0.2, 0.25) is 0 Å². The van der Waals surface area contributed by atoms with Crippen molar-refractivity contribution in [2.75, 3.05) is 12.8 Å². The van der Waals surface area contributed by atoms with E-state index in [-0.39, 0.29) is 11.8 Å². The third kappa shape index (κ3) is 1.76. The number of imidazole rings is 1. The van der Waals surface area contributed by atoms with Crippen molar-refractivity contribution in [1.29, 1.82) is 0 Å². The number of carbonyl (C=O) groups excluding carboxylic acids is 2. The molecule has 2 N–H and O–H groups in total. The first-order valence-corrected chi connectivity index (χ1v) is 6.53. The summed E-state index contributed by atoms with van der Waals surface area (Å²) in [6.45, 7) is 1.98. The number of carbonyl (C=O) groups is 2. The third-order valence-corrected chi connectivity index (χ3v) is 3.81. The van der Waals surface area contributed by atoms with Gasteiger partial charge in [0.2, 0.25) is 11.9 Å². The minimum Gasteiger partial charge on any atom is -0.369 e. The first-order valence-electron chi connectivity index (χ1n) is 6.53. The van der Waals surface area contributed by atoms with Gasteiger partial charge >= 0.3 is 0 Å². The van der Waals surface area contributed by atoms with Crippen molar-refractivity contribution in [3.05, 3.63) is 23.8 Å². The number of hydrogen-bond donors (Lipinski definition) is 1. The second-order valence-electron chi connectivity index (χ2n) is 5.18. The molecule has 6 nitrogen and oxygen atoms in total. The molecule has 0 radical (unpaired) electrons. The summed E-state index contributed by atoms with van der Waals surface area (Å²) in [5.41, 5.74) is 8.66. The highest BCUT2D eigenvalue weighted by molar-refractivity contribution is 6.00. The van der Waals surface area contributed by atoms with Gasteiger partial charge in [0.1, 0.15) is 6.04 Å². The number of aromatic nitrogens is 2. The first kappa shape index (κ1) is 12.7. The molecular weight excluding hydrogens is 256 g/mol. The molecule has 0 saturated carbocycles. The molecule has 3 rings (SSSR count). The van der Waals surface area contributed by atoms with E-state index in [4.69, 9.17) is 5.73 Å². The zero-order valence-electron chi connectivity index (χ0n) is 11.5. The number of likely N-dealkylation sites (tertiary alicyclic amines) is 1. The Labute approximate surface area is 116 Å². The highest BCUT2D eigenvalue weighted by Crippen LogP contribution is 2.30. The summed E-state index contributed by atoms with van der Waals surface area (Å²) >= 11 is 0. The maximum atomic E-state index is 12.3. The fourth-order valence-corrected chi connectivity index (χ4v) is 2.69. The zero-order valence-corrected chi connectivity index (χ0v) is 11.5. The Hall–Kier alpha value is -2.37. The van der Waals surface area contributed by atoms with Gasteiger partial charge in [0.15, 0.2) is 0 Å². The Morgan fingerprint density at radius 2 is 2.10 bits per heavy atom. The number of amides is 2. The second kappa shape index (κ2) is 4.33. The maximum absolute atomic E-state index is 12.3. The number of nitrogen functional groups attached to an aromatic ring is 1. The SMILES string of the molecule is Cc1ccc2c(c1)nc(N)n2C1CCC(=O)N(C)C1=O. The fraction of sp³-hybridized carbons (Fsp3) is 0.357. The number of anilines is 1. The summed E-state index contributed by atoms with van der Waals surface area (Å²) in [5, 5.41) is 0. The van der Waals surface area contributed by atoms with Crippen LogP contribution in [0.3, 0.4) is 0 Å². The lowest BCUT2D eigenvalue weighted by molar-refractivity contribution is -0.149. The molecule has 1 aliphatic heterocycles. The first-order chi connectivity index (χ1) is 9.49. The molecule has 0 aliphatic carbocycles. The van der Waals surface area contributed by atoms with Crippen molar-refractivity contribution >= 4 is 28.8 Å². The fourth-order valence-electron chi connectivity index (χ4n) is 2.69. The molecule has 2 amide bonds. The van der Waals surface area contributed by atoms with Crippen molar-refractivity contribution in [1.82, 2.24) is 14.5 Å². The third-order valence-electron chi connectivity index (χ3n) is 3.81. The summed E-state index contributed by atoms with van der Waals surface area (Å²) in [5.74, 6) is -0.0652. The highest BCUT2D eigenvalue weighted by Gasteiger charge is 2.34. The Morgan fingerprint density at radius 1 is 1.35 bits per heavy atom. The summed E-state index contributed by atoms with van der Waals surface area (Å²) in [4.78, 5) is 29.3. The minimum atomic E-state index is -0.453. The van der Waals surface area contributed by atoms with Crippen LogP contribution >= 0.6 is 0 Å². The standard InChI is InChI=1S/C14H16N4O2/c1-8-3-4-10-9(7-8)16-14(15)18(10)11-5-6-12(19)17(2)13(11)20/h3-4,7,11H,5-6H2,1-2H3,(H2,15,16). The largest absolute Gasteiger partial charge is 0.369 e.